The third-order valence-corrected chi connectivity index (χ3v) is 5.00. The second-order valence-corrected chi connectivity index (χ2v) is 7.55. The van der Waals surface area contributed by atoms with Crippen LogP contribution in [0.4, 0.5) is 0 Å². The van der Waals surface area contributed by atoms with Crippen LogP contribution >= 0.6 is 0 Å². The predicted octanol–water partition coefficient (Wildman–Crippen LogP) is 3.40. The summed E-state index contributed by atoms with van der Waals surface area (Å²) in [7, 11) is 0. The third-order valence-electron chi connectivity index (χ3n) is 5.00. The first-order valence-corrected chi connectivity index (χ1v) is 7.14. The minimum Gasteiger partial charge on any atom is -0.461 e. The molecule has 4 aliphatic carbocycles. The second kappa shape index (κ2) is 3.73. The van der Waals surface area contributed by atoms with Crippen molar-refractivity contribution in [1.29, 1.82) is 0 Å². The Labute approximate surface area is 104 Å². The topological polar surface area (TPSA) is 26.3 Å². The standard InChI is InChI=1S/C15H24O2/c1-15(2,3)14(16)17-13-11-5-9-4-10(7-11)8-12(13)6-9/h9-13H,4-8H2,1-3H3. The van der Waals surface area contributed by atoms with E-state index >= 15 is 0 Å². The molecule has 2 heteroatoms. The lowest BCUT2D eigenvalue weighted by Crippen LogP contribution is -2.50. The average molecular weight is 236 g/mol. The Hall–Kier alpha value is -0.530. The summed E-state index contributed by atoms with van der Waals surface area (Å²) in [6, 6.07) is 0. The van der Waals surface area contributed by atoms with Crippen molar-refractivity contribution in [3.63, 3.8) is 0 Å². The molecule has 0 unspecified atom stereocenters. The van der Waals surface area contributed by atoms with Gasteiger partial charge in [0.2, 0.25) is 0 Å². The number of carbonyl (C=O) groups excluding carboxylic acids is 1. The molecule has 0 N–H and O–H groups in total. The first kappa shape index (κ1) is 11.6. The van der Waals surface area contributed by atoms with Crippen molar-refractivity contribution in [2.75, 3.05) is 0 Å². The summed E-state index contributed by atoms with van der Waals surface area (Å²) in [5.74, 6) is 3.24. The van der Waals surface area contributed by atoms with E-state index in [9.17, 15) is 4.79 Å². The van der Waals surface area contributed by atoms with Crippen LogP contribution < -0.4 is 0 Å². The summed E-state index contributed by atoms with van der Waals surface area (Å²) in [6.45, 7) is 5.85. The van der Waals surface area contributed by atoms with Gasteiger partial charge in [-0.15, -0.1) is 0 Å². The molecule has 0 amide bonds. The van der Waals surface area contributed by atoms with Crippen molar-refractivity contribution in [3.05, 3.63) is 0 Å². The zero-order valence-electron chi connectivity index (χ0n) is 11.2. The van der Waals surface area contributed by atoms with E-state index in [-0.39, 0.29) is 17.5 Å². The average Bonchev–Trinajstić information content (AvgIpc) is 2.20. The normalized spacial score (nSPS) is 43.8. The fourth-order valence-corrected chi connectivity index (χ4v) is 4.37. The summed E-state index contributed by atoms with van der Waals surface area (Å²) in [5.41, 5.74) is -0.353. The zero-order chi connectivity index (χ0) is 12.2. The molecule has 96 valence electrons. The molecule has 0 heterocycles. The second-order valence-electron chi connectivity index (χ2n) is 7.55. The summed E-state index contributed by atoms with van der Waals surface area (Å²) in [4.78, 5) is 12.0. The Morgan fingerprint density at radius 3 is 1.82 bits per heavy atom. The van der Waals surface area contributed by atoms with Gasteiger partial charge in [0.15, 0.2) is 0 Å². The molecule has 0 saturated heterocycles. The van der Waals surface area contributed by atoms with E-state index < -0.39 is 0 Å². The summed E-state index contributed by atoms with van der Waals surface area (Å²) in [6.07, 6.45) is 6.95. The molecule has 4 fully saturated rings. The highest BCUT2D eigenvalue weighted by atomic mass is 16.5. The van der Waals surface area contributed by atoms with Crippen LogP contribution in [0, 0.1) is 29.1 Å². The minimum atomic E-state index is -0.353. The van der Waals surface area contributed by atoms with Crippen LogP contribution in [0.5, 0.6) is 0 Å². The fraction of sp³-hybridized carbons (Fsp3) is 0.933. The van der Waals surface area contributed by atoms with Crippen molar-refractivity contribution in [1.82, 2.24) is 0 Å². The van der Waals surface area contributed by atoms with E-state index in [1.54, 1.807) is 0 Å². The molecule has 0 atom stereocenters. The lowest BCUT2D eigenvalue weighted by molar-refractivity contribution is -0.179. The molecule has 4 aliphatic rings. The molecule has 0 radical (unpaired) electrons. The molecule has 0 aliphatic heterocycles. The Balaban J connectivity index is 1.70. The summed E-state index contributed by atoms with van der Waals surface area (Å²) < 4.78 is 5.85. The van der Waals surface area contributed by atoms with Gasteiger partial charge >= 0.3 is 5.97 Å². The molecule has 4 saturated carbocycles. The van der Waals surface area contributed by atoms with E-state index in [1.807, 2.05) is 20.8 Å². The first-order valence-electron chi connectivity index (χ1n) is 7.14. The van der Waals surface area contributed by atoms with E-state index in [0.29, 0.717) is 11.8 Å². The monoisotopic (exact) mass is 236 g/mol. The largest absolute Gasteiger partial charge is 0.461 e. The van der Waals surface area contributed by atoms with E-state index in [2.05, 4.69) is 0 Å². The van der Waals surface area contributed by atoms with Crippen LogP contribution in [0.15, 0.2) is 0 Å². The Morgan fingerprint density at radius 2 is 1.41 bits per heavy atom. The molecule has 0 aromatic rings. The minimum absolute atomic E-state index is 0.00465. The number of ether oxygens (including phenoxy) is 1. The molecule has 2 nitrogen and oxygen atoms in total. The van der Waals surface area contributed by atoms with Crippen molar-refractivity contribution in [3.8, 4) is 0 Å². The first-order chi connectivity index (χ1) is 7.93. The number of rotatable bonds is 1. The van der Waals surface area contributed by atoms with E-state index in [4.69, 9.17) is 4.74 Å². The number of hydrogen-bond acceptors (Lipinski definition) is 2. The van der Waals surface area contributed by atoms with Gasteiger partial charge in [0.25, 0.3) is 0 Å². The van der Waals surface area contributed by atoms with Crippen molar-refractivity contribution in [2.24, 2.45) is 29.1 Å². The molecule has 4 bridgehead atoms. The van der Waals surface area contributed by atoms with Gasteiger partial charge in [-0.3, -0.25) is 4.79 Å². The van der Waals surface area contributed by atoms with Crippen LogP contribution in [-0.4, -0.2) is 12.1 Å². The highest BCUT2D eigenvalue weighted by Crippen LogP contribution is 2.54. The SMILES string of the molecule is CC(C)(C)C(=O)OC1C2CC3CC(C2)CC1C3. The van der Waals surface area contributed by atoms with Crippen LogP contribution in [0.3, 0.4) is 0 Å². The van der Waals surface area contributed by atoms with E-state index in [0.717, 1.165) is 11.8 Å². The Bertz CT molecular complexity index is 298. The lowest BCUT2D eigenvalue weighted by Gasteiger charge is -2.53. The molecular weight excluding hydrogens is 212 g/mol. The fourth-order valence-electron chi connectivity index (χ4n) is 4.37. The smallest absolute Gasteiger partial charge is 0.311 e. The quantitative estimate of drug-likeness (QED) is 0.652. The highest BCUT2D eigenvalue weighted by molar-refractivity contribution is 5.75. The van der Waals surface area contributed by atoms with Crippen LogP contribution in [0.2, 0.25) is 0 Å². The van der Waals surface area contributed by atoms with Crippen molar-refractivity contribution < 1.29 is 9.53 Å². The highest BCUT2D eigenvalue weighted by Gasteiger charge is 2.50. The number of hydrogen-bond donors (Lipinski definition) is 0. The molecule has 0 aromatic carbocycles. The number of carbonyl (C=O) groups is 1. The molecule has 4 rings (SSSR count). The van der Waals surface area contributed by atoms with Crippen LogP contribution in [-0.2, 0) is 9.53 Å². The maximum absolute atomic E-state index is 12.0. The lowest BCUT2D eigenvalue weighted by atomic mass is 9.55. The van der Waals surface area contributed by atoms with Gasteiger partial charge < -0.3 is 4.74 Å². The van der Waals surface area contributed by atoms with Gasteiger partial charge in [-0.05, 0) is 76.5 Å². The van der Waals surface area contributed by atoms with Gasteiger partial charge in [0, 0.05) is 0 Å². The zero-order valence-corrected chi connectivity index (χ0v) is 11.2. The van der Waals surface area contributed by atoms with Gasteiger partial charge in [0.05, 0.1) is 5.41 Å². The predicted molar refractivity (Wildman–Crippen MR) is 66.4 cm³/mol. The Kier molecular flexibility index (Phi) is 2.53. The molecule has 17 heavy (non-hydrogen) atoms. The third kappa shape index (κ3) is 2.00. The van der Waals surface area contributed by atoms with Crippen molar-refractivity contribution >= 4 is 5.97 Å². The van der Waals surface area contributed by atoms with Gasteiger partial charge in [-0.25, -0.2) is 0 Å². The van der Waals surface area contributed by atoms with Gasteiger partial charge in [0.1, 0.15) is 6.10 Å². The van der Waals surface area contributed by atoms with Crippen molar-refractivity contribution in [2.45, 2.75) is 59.0 Å². The Morgan fingerprint density at radius 1 is 0.941 bits per heavy atom. The van der Waals surface area contributed by atoms with E-state index in [1.165, 1.54) is 32.1 Å². The maximum Gasteiger partial charge on any atom is 0.311 e. The number of esters is 1. The molecular formula is C15H24O2. The van der Waals surface area contributed by atoms with Gasteiger partial charge in [-0.2, -0.15) is 0 Å². The van der Waals surface area contributed by atoms with Gasteiger partial charge in [-0.1, -0.05) is 0 Å². The maximum atomic E-state index is 12.0. The molecule has 0 aromatic heterocycles. The summed E-state index contributed by atoms with van der Waals surface area (Å²) in [5, 5.41) is 0. The summed E-state index contributed by atoms with van der Waals surface area (Å²) >= 11 is 0. The van der Waals surface area contributed by atoms with Crippen LogP contribution in [0.25, 0.3) is 0 Å². The molecule has 0 spiro atoms. The van der Waals surface area contributed by atoms with Crippen LogP contribution in [0.1, 0.15) is 52.9 Å².